The van der Waals surface area contributed by atoms with Gasteiger partial charge in [-0.3, -0.25) is 9.59 Å². The van der Waals surface area contributed by atoms with Gasteiger partial charge in [-0.25, -0.2) is 13.1 Å². The smallest absolute Gasteiger partial charge is 0.303 e. The number of rotatable bonds is 10. The largest absolute Gasteiger partial charge is 0.484 e. The molecular weight excluding hydrogens is 444 g/mol. The zero-order valence-corrected chi connectivity index (χ0v) is 18.2. The van der Waals surface area contributed by atoms with E-state index in [1.165, 1.54) is 24.3 Å². The second kappa shape index (κ2) is 10.1. The lowest BCUT2D eigenvalue weighted by Gasteiger charge is -2.12. The third-order valence-electron chi connectivity index (χ3n) is 4.82. The number of carbonyl (C=O) groups is 2. The minimum Gasteiger partial charge on any atom is -0.484 e. The van der Waals surface area contributed by atoms with Crippen LogP contribution in [0.15, 0.2) is 47.4 Å². The monoisotopic (exact) mass is 466 g/mol. The summed E-state index contributed by atoms with van der Waals surface area (Å²) in [6, 6.07) is 11.1. The summed E-state index contributed by atoms with van der Waals surface area (Å²) in [6.45, 7) is 0.0899. The molecule has 8 nitrogen and oxygen atoms in total. The molecule has 166 valence electrons. The van der Waals surface area contributed by atoms with Crippen molar-refractivity contribution in [2.24, 2.45) is 0 Å². The number of carboxylic acid groups (broad SMARTS) is 1. The summed E-state index contributed by atoms with van der Waals surface area (Å²) in [5, 5.41) is 11.6. The van der Waals surface area contributed by atoms with Gasteiger partial charge in [0.2, 0.25) is 10.0 Å². The Kier molecular flexibility index (Phi) is 7.53. The number of carboxylic acids is 1. The van der Waals surface area contributed by atoms with E-state index in [0.29, 0.717) is 30.0 Å². The summed E-state index contributed by atoms with van der Waals surface area (Å²) in [4.78, 5) is 22.4. The zero-order chi connectivity index (χ0) is 22.4. The van der Waals surface area contributed by atoms with E-state index in [1.54, 1.807) is 6.07 Å². The molecule has 0 bridgehead atoms. The van der Waals surface area contributed by atoms with E-state index in [1.807, 2.05) is 12.1 Å². The van der Waals surface area contributed by atoms with Crippen LogP contribution < -0.4 is 14.8 Å². The highest BCUT2D eigenvalue weighted by Gasteiger charge is 2.27. The van der Waals surface area contributed by atoms with Gasteiger partial charge in [-0.2, -0.15) is 0 Å². The lowest BCUT2D eigenvalue weighted by atomic mass is 10.1. The molecule has 1 unspecified atom stereocenters. The van der Waals surface area contributed by atoms with Crippen LogP contribution in [0.1, 0.15) is 24.0 Å². The highest BCUT2D eigenvalue weighted by molar-refractivity contribution is 7.89. The molecule has 0 saturated heterocycles. The fraction of sp³-hybridized carbons (Fsp3) is 0.333. The quantitative estimate of drug-likeness (QED) is 0.461. The van der Waals surface area contributed by atoms with Crippen LogP contribution in [0.5, 0.6) is 5.75 Å². The Labute approximate surface area is 185 Å². The molecule has 3 N–H and O–H groups in total. The van der Waals surface area contributed by atoms with Gasteiger partial charge in [0.05, 0.1) is 4.90 Å². The van der Waals surface area contributed by atoms with E-state index in [0.717, 1.165) is 11.1 Å². The maximum Gasteiger partial charge on any atom is 0.303 e. The topological polar surface area (TPSA) is 122 Å². The number of aliphatic carboxylic acids is 1. The van der Waals surface area contributed by atoms with E-state index in [4.69, 9.17) is 21.4 Å². The summed E-state index contributed by atoms with van der Waals surface area (Å²) in [7, 11) is -3.66. The van der Waals surface area contributed by atoms with Gasteiger partial charge in [-0.1, -0.05) is 17.7 Å². The number of halogens is 1. The predicted octanol–water partition coefficient (Wildman–Crippen LogP) is 2.15. The van der Waals surface area contributed by atoms with Gasteiger partial charge in [0.1, 0.15) is 5.75 Å². The van der Waals surface area contributed by atoms with Gasteiger partial charge in [0, 0.05) is 24.0 Å². The number of hydrogen-bond donors (Lipinski definition) is 3. The molecule has 0 radical (unpaired) electrons. The molecule has 1 amide bonds. The zero-order valence-electron chi connectivity index (χ0n) is 16.6. The number of ether oxygens (including phenoxy) is 1. The molecule has 1 atom stereocenters. The number of nitrogens with one attached hydrogen (secondary N) is 2. The molecule has 0 spiro atoms. The first-order valence-electron chi connectivity index (χ1n) is 9.74. The Morgan fingerprint density at radius 1 is 1.10 bits per heavy atom. The molecule has 2 aromatic carbocycles. The first-order chi connectivity index (χ1) is 14.7. The van der Waals surface area contributed by atoms with Crippen molar-refractivity contribution in [2.75, 3.05) is 13.2 Å². The van der Waals surface area contributed by atoms with Gasteiger partial charge in [-0.15, -0.1) is 0 Å². The van der Waals surface area contributed by atoms with Crippen molar-refractivity contribution in [3.8, 4) is 5.75 Å². The van der Waals surface area contributed by atoms with Crippen LogP contribution in [0.4, 0.5) is 0 Å². The fourth-order valence-corrected chi connectivity index (χ4v) is 4.70. The van der Waals surface area contributed by atoms with Crippen molar-refractivity contribution in [1.82, 2.24) is 10.0 Å². The summed E-state index contributed by atoms with van der Waals surface area (Å²) in [5.41, 5.74) is 1.98. The molecule has 1 aliphatic carbocycles. The Hall–Kier alpha value is -2.62. The van der Waals surface area contributed by atoms with Gasteiger partial charge >= 0.3 is 5.97 Å². The van der Waals surface area contributed by atoms with Crippen LogP contribution in [-0.2, 0) is 32.5 Å². The minimum atomic E-state index is -3.66. The molecule has 2 aromatic rings. The molecular formula is C21H23ClN2O6S. The second-order valence-corrected chi connectivity index (χ2v) is 9.40. The number of benzene rings is 2. The van der Waals surface area contributed by atoms with Crippen LogP contribution >= 0.6 is 11.6 Å². The second-order valence-electron chi connectivity index (χ2n) is 7.25. The van der Waals surface area contributed by atoms with E-state index < -0.39 is 16.0 Å². The first kappa shape index (κ1) is 23.1. The van der Waals surface area contributed by atoms with Crippen molar-refractivity contribution in [1.29, 1.82) is 0 Å². The normalized spacial score (nSPS) is 15.3. The SMILES string of the molecule is O=C(O)CCCNC(=O)COc1ccc2c(c1)CC(NS(=O)(=O)c1ccc(Cl)cc1)C2. The Morgan fingerprint density at radius 3 is 2.52 bits per heavy atom. The van der Waals surface area contributed by atoms with Gasteiger partial charge in [-0.05, 0) is 66.8 Å². The predicted molar refractivity (Wildman–Crippen MR) is 115 cm³/mol. The van der Waals surface area contributed by atoms with Crippen molar-refractivity contribution in [3.63, 3.8) is 0 Å². The van der Waals surface area contributed by atoms with Gasteiger partial charge in [0.15, 0.2) is 6.61 Å². The summed E-state index contributed by atoms with van der Waals surface area (Å²) in [5.74, 6) is -0.725. The third kappa shape index (κ3) is 6.68. The van der Waals surface area contributed by atoms with E-state index in [-0.39, 0.29) is 36.4 Å². The van der Waals surface area contributed by atoms with Crippen molar-refractivity contribution in [2.45, 2.75) is 36.6 Å². The Morgan fingerprint density at radius 2 is 1.81 bits per heavy atom. The minimum absolute atomic E-state index is 0.00506. The molecule has 0 aliphatic heterocycles. The first-order valence-corrected chi connectivity index (χ1v) is 11.6. The molecule has 3 rings (SSSR count). The van der Waals surface area contributed by atoms with E-state index in [2.05, 4.69) is 10.0 Å². The van der Waals surface area contributed by atoms with Crippen LogP contribution in [-0.4, -0.2) is 44.6 Å². The lowest BCUT2D eigenvalue weighted by Crippen LogP contribution is -2.35. The van der Waals surface area contributed by atoms with Gasteiger partial charge < -0.3 is 15.2 Å². The fourth-order valence-electron chi connectivity index (χ4n) is 3.34. The summed E-state index contributed by atoms with van der Waals surface area (Å²) in [6.07, 6.45) is 1.43. The average molecular weight is 467 g/mol. The van der Waals surface area contributed by atoms with Gasteiger partial charge in [0.25, 0.3) is 5.91 Å². The third-order valence-corrected chi connectivity index (χ3v) is 6.60. The molecule has 0 aromatic heterocycles. The number of hydrogen-bond acceptors (Lipinski definition) is 5. The number of sulfonamides is 1. The highest BCUT2D eigenvalue weighted by Crippen LogP contribution is 2.27. The summed E-state index contributed by atoms with van der Waals surface area (Å²) < 4.78 is 33.4. The van der Waals surface area contributed by atoms with Crippen LogP contribution in [0.25, 0.3) is 0 Å². The molecule has 0 fully saturated rings. The van der Waals surface area contributed by atoms with Crippen LogP contribution in [0, 0.1) is 0 Å². The van der Waals surface area contributed by atoms with Crippen molar-refractivity contribution >= 4 is 33.5 Å². The maximum atomic E-state index is 12.6. The van der Waals surface area contributed by atoms with Crippen LogP contribution in [0.2, 0.25) is 5.02 Å². The van der Waals surface area contributed by atoms with Crippen molar-refractivity contribution in [3.05, 3.63) is 58.6 Å². The molecule has 31 heavy (non-hydrogen) atoms. The Bertz CT molecular complexity index is 1060. The van der Waals surface area contributed by atoms with Crippen molar-refractivity contribution < 1.29 is 27.9 Å². The van der Waals surface area contributed by atoms with Crippen LogP contribution in [0.3, 0.4) is 0 Å². The molecule has 0 saturated carbocycles. The molecule has 1 aliphatic rings. The van der Waals surface area contributed by atoms with E-state index >= 15 is 0 Å². The molecule has 10 heteroatoms. The molecule has 0 heterocycles. The standard InChI is InChI=1S/C21H23ClN2O6S/c22-16-4-7-19(8-5-16)31(28,29)24-17-10-14-3-6-18(12-15(14)11-17)30-13-20(25)23-9-1-2-21(26)27/h3-8,12,17,24H,1-2,9-11,13H2,(H,23,25)(H,26,27). The number of fused-ring (bicyclic) bond motifs is 1. The number of carbonyl (C=O) groups excluding carboxylic acids is 1. The Balaban J connectivity index is 1.51. The highest BCUT2D eigenvalue weighted by atomic mass is 35.5. The summed E-state index contributed by atoms with van der Waals surface area (Å²) >= 11 is 5.82. The van der Waals surface area contributed by atoms with E-state index in [9.17, 15) is 18.0 Å². The number of amides is 1. The average Bonchev–Trinajstić information content (AvgIpc) is 3.10. The lowest BCUT2D eigenvalue weighted by molar-refractivity contribution is -0.137. The maximum absolute atomic E-state index is 12.6.